The Balaban J connectivity index is 1.82. The minimum absolute atomic E-state index is 0.320. The monoisotopic (exact) mass is 362 g/mol. The van der Waals surface area contributed by atoms with Gasteiger partial charge in [0.05, 0.1) is 22.4 Å². The Labute approximate surface area is 160 Å². The summed E-state index contributed by atoms with van der Waals surface area (Å²) in [7, 11) is -0.671. The summed E-state index contributed by atoms with van der Waals surface area (Å²) in [6.07, 6.45) is 6.25. The van der Waals surface area contributed by atoms with E-state index in [0.717, 1.165) is 6.42 Å². The van der Waals surface area contributed by atoms with Crippen molar-refractivity contribution >= 4 is 14.2 Å². The van der Waals surface area contributed by atoms with Crippen LogP contribution in [0, 0.1) is 5.92 Å². The van der Waals surface area contributed by atoms with Crippen LogP contribution in [-0.4, -0.2) is 36.6 Å². The van der Waals surface area contributed by atoms with Crippen molar-refractivity contribution in [2.75, 3.05) is 0 Å². The molecule has 3 aliphatic rings. The molecule has 0 radical (unpaired) electrons. The minimum Gasteiger partial charge on any atom is -0.400 e. The van der Waals surface area contributed by atoms with E-state index in [2.05, 4.69) is 61.4 Å². The highest BCUT2D eigenvalue weighted by molar-refractivity contribution is 6.60. The quantitative estimate of drug-likeness (QED) is 0.676. The average molecular weight is 362 g/mol. The molecule has 1 aliphatic carbocycles. The fraction of sp³-hybridized carbons (Fsp3) is 0.900. The van der Waals surface area contributed by atoms with Gasteiger partial charge in [0.15, 0.2) is 0 Å². The van der Waals surface area contributed by atoms with Gasteiger partial charge in [-0.1, -0.05) is 31.7 Å². The van der Waals surface area contributed by atoms with Crippen molar-refractivity contribution in [2.24, 2.45) is 5.92 Å². The van der Waals surface area contributed by atoms with Crippen LogP contribution in [0.3, 0.4) is 0 Å². The highest BCUT2D eigenvalue weighted by Gasteiger charge is 2.54. The lowest BCUT2D eigenvalue weighted by Crippen LogP contribution is -2.41. The van der Waals surface area contributed by atoms with Crippen molar-refractivity contribution in [3.63, 3.8) is 0 Å². The van der Waals surface area contributed by atoms with E-state index < -0.39 is 0 Å². The predicted octanol–water partition coefficient (Wildman–Crippen LogP) is 4.76. The first kappa shape index (κ1) is 20.4. The van der Waals surface area contributed by atoms with E-state index in [4.69, 9.17) is 18.6 Å². The number of rotatable bonds is 4. The molecule has 0 aromatic rings. The first-order valence-corrected chi connectivity index (χ1v) is 10.2. The van der Waals surface area contributed by atoms with Crippen LogP contribution in [0.5, 0.6) is 0 Å². The Kier molecular flexibility index (Phi) is 5.23. The zero-order chi connectivity index (χ0) is 19.4. The molecule has 2 aliphatic heterocycles. The molecule has 1 saturated carbocycles. The summed E-state index contributed by atoms with van der Waals surface area (Å²) in [6.45, 7) is 16.8. The molecule has 0 amide bonds. The van der Waals surface area contributed by atoms with Gasteiger partial charge in [-0.2, -0.15) is 0 Å². The Morgan fingerprint density at radius 3 is 1.65 bits per heavy atom. The summed E-state index contributed by atoms with van der Waals surface area (Å²) in [4.78, 5) is 0. The second-order valence-electron chi connectivity index (χ2n) is 10.3. The van der Waals surface area contributed by atoms with Crippen LogP contribution in [0.4, 0.5) is 0 Å². The molecule has 0 aromatic carbocycles. The Morgan fingerprint density at radius 1 is 0.769 bits per heavy atom. The highest BCUT2D eigenvalue weighted by Crippen LogP contribution is 2.42. The summed E-state index contributed by atoms with van der Waals surface area (Å²) in [6, 6.07) is 0. The smallest absolute Gasteiger partial charge is 0.400 e. The molecular weight excluding hydrogens is 326 g/mol. The normalized spacial score (nSPS) is 30.4. The van der Waals surface area contributed by atoms with Gasteiger partial charge in [0, 0.05) is 0 Å². The fourth-order valence-electron chi connectivity index (χ4n) is 3.92. The zero-order valence-corrected chi connectivity index (χ0v) is 18.0. The first-order valence-electron chi connectivity index (χ1n) is 10.2. The molecule has 3 fully saturated rings. The van der Waals surface area contributed by atoms with Gasteiger partial charge in [-0.3, -0.25) is 0 Å². The Morgan fingerprint density at radius 2 is 1.19 bits per heavy atom. The maximum Gasteiger partial charge on any atom is 0.489 e. The maximum atomic E-state index is 6.35. The van der Waals surface area contributed by atoms with E-state index in [0.29, 0.717) is 5.92 Å². The van der Waals surface area contributed by atoms with E-state index in [-0.39, 0.29) is 36.6 Å². The number of hydrogen-bond acceptors (Lipinski definition) is 4. The molecule has 26 heavy (non-hydrogen) atoms. The van der Waals surface area contributed by atoms with Crippen LogP contribution in [0.15, 0.2) is 11.4 Å². The van der Waals surface area contributed by atoms with E-state index in [1.807, 2.05) is 0 Å². The highest BCUT2D eigenvalue weighted by atomic mass is 16.7. The Bertz CT molecular complexity index is 530. The van der Waals surface area contributed by atoms with Crippen LogP contribution < -0.4 is 0 Å². The van der Waals surface area contributed by atoms with Crippen molar-refractivity contribution in [1.82, 2.24) is 0 Å². The molecule has 2 saturated heterocycles. The van der Waals surface area contributed by atoms with Crippen molar-refractivity contribution in [2.45, 2.75) is 110 Å². The molecule has 146 valence electrons. The summed E-state index contributed by atoms with van der Waals surface area (Å²) in [5.41, 5.74) is -0.149. The molecule has 4 nitrogen and oxygen atoms in total. The van der Waals surface area contributed by atoms with Crippen LogP contribution in [0.1, 0.15) is 87.5 Å². The maximum absolute atomic E-state index is 6.35. The number of hydrogen-bond donors (Lipinski definition) is 0. The summed E-state index contributed by atoms with van der Waals surface area (Å²) < 4.78 is 25.1. The molecule has 0 aromatic heterocycles. The molecular formula is C20H36B2O4. The predicted molar refractivity (Wildman–Crippen MR) is 107 cm³/mol. The third-order valence-electron chi connectivity index (χ3n) is 7.18. The third kappa shape index (κ3) is 3.80. The molecule has 2 heterocycles. The lowest BCUT2D eigenvalue weighted by molar-refractivity contribution is 0.00578. The van der Waals surface area contributed by atoms with Gasteiger partial charge in [-0.05, 0) is 73.2 Å². The lowest BCUT2D eigenvalue weighted by atomic mass is 9.68. The van der Waals surface area contributed by atoms with Crippen LogP contribution in [0.2, 0.25) is 0 Å². The molecule has 6 heteroatoms. The largest absolute Gasteiger partial charge is 0.489 e. The van der Waals surface area contributed by atoms with Gasteiger partial charge >= 0.3 is 14.2 Å². The van der Waals surface area contributed by atoms with Gasteiger partial charge in [-0.15, -0.1) is 0 Å². The molecule has 0 atom stereocenters. The summed E-state index contributed by atoms with van der Waals surface area (Å²) >= 11 is 0. The van der Waals surface area contributed by atoms with Crippen LogP contribution >= 0.6 is 0 Å². The Hall–Kier alpha value is -0.290. The lowest BCUT2D eigenvalue weighted by Gasteiger charge is -2.32. The van der Waals surface area contributed by atoms with Crippen LogP contribution in [0.25, 0.3) is 0 Å². The molecule has 0 unspecified atom stereocenters. The standard InChI is InChI=1S/C20H36B2O4/c1-17(2)18(3,4)24-21(23-17)14-16(13-15-11-9-10-12-15)22-25-19(5,6)20(7,8)26-22/h14-15H,9-13H2,1-8H3/b16-14+. The van der Waals surface area contributed by atoms with E-state index in [1.54, 1.807) is 0 Å². The van der Waals surface area contributed by atoms with Crippen molar-refractivity contribution in [1.29, 1.82) is 0 Å². The first-order chi connectivity index (χ1) is 11.8. The third-order valence-corrected chi connectivity index (χ3v) is 7.18. The SMILES string of the molecule is CC1(C)OB(/C=C(\CC2CCCC2)B2OC(C)(C)C(C)(C)O2)OC1(C)C. The van der Waals surface area contributed by atoms with Crippen molar-refractivity contribution < 1.29 is 18.6 Å². The molecule has 0 spiro atoms. The molecule has 0 N–H and O–H groups in total. The van der Waals surface area contributed by atoms with Crippen molar-refractivity contribution in [3.05, 3.63) is 11.4 Å². The van der Waals surface area contributed by atoms with Gasteiger partial charge in [-0.25, -0.2) is 0 Å². The number of allylic oxidation sites excluding steroid dienone is 1. The zero-order valence-electron chi connectivity index (χ0n) is 18.0. The minimum atomic E-state index is -0.351. The van der Waals surface area contributed by atoms with E-state index in [9.17, 15) is 0 Å². The van der Waals surface area contributed by atoms with Crippen molar-refractivity contribution in [3.8, 4) is 0 Å². The van der Waals surface area contributed by atoms with Gasteiger partial charge in [0.2, 0.25) is 0 Å². The topological polar surface area (TPSA) is 36.9 Å². The molecule has 0 bridgehead atoms. The van der Waals surface area contributed by atoms with Crippen LogP contribution in [-0.2, 0) is 18.6 Å². The second kappa shape index (κ2) is 6.65. The second-order valence-corrected chi connectivity index (χ2v) is 10.3. The fourth-order valence-corrected chi connectivity index (χ4v) is 3.92. The van der Waals surface area contributed by atoms with Gasteiger partial charge < -0.3 is 18.6 Å². The van der Waals surface area contributed by atoms with E-state index in [1.165, 1.54) is 31.2 Å². The van der Waals surface area contributed by atoms with Gasteiger partial charge in [0.25, 0.3) is 0 Å². The van der Waals surface area contributed by atoms with Gasteiger partial charge in [0.1, 0.15) is 0 Å². The van der Waals surface area contributed by atoms with E-state index >= 15 is 0 Å². The molecule has 3 rings (SSSR count). The summed E-state index contributed by atoms with van der Waals surface area (Å²) in [5.74, 6) is 2.83. The summed E-state index contributed by atoms with van der Waals surface area (Å²) in [5, 5.41) is 0. The average Bonchev–Trinajstić information content (AvgIpc) is 3.08.